The summed E-state index contributed by atoms with van der Waals surface area (Å²) in [5.41, 5.74) is 1.18. The lowest BCUT2D eigenvalue weighted by Gasteiger charge is -2.44. The van der Waals surface area contributed by atoms with E-state index >= 15 is 0 Å². The van der Waals surface area contributed by atoms with Gasteiger partial charge in [0.25, 0.3) is 0 Å². The monoisotopic (exact) mass is 298 g/mol. The summed E-state index contributed by atoms with van der Waals surface area (Å²) in [6.45, 7) is 2.63. The molecule has 0 aliphatic carbocycles. The zero-order chi connectivity index (χ0) is 14.1. The van der Waals surface area contributed by atoms with Crippen LogP contribution in [-0.4, -0.2) is 34.3 Å². The third-order valence-corrected chi connectivity index (χ3v) is 6.34. The maximum atomic E-state index is 4.62. The lowest BCUT2D eigenvalue weighted by atomic mass is 9.93. The molecule has 0 bridgehead atoms. The quantitative estimate of drug-likeness (QED) is 0.820. The summed E-state index contributed by atoms with van der Waals surface area (Å²) in [6, 6.07) is 11.6. The summed E-state index contributed by atoms with van der Waals surface area (Å²) in [6.07, 6.45) is 8.81. The van der Waals surface area contributed by atoms with E-state index in [9.17, 15) is 0 Å². The van der Waals surface area contributed by atoms with Crippen LogP contribution in [-0.2, 0) is 0 Å². The standard InChI is InChI=1S/C18H22N2S/c1-2-12-20-13-5-10-16(15(20)8-1)21-17-9-3-6-14-7-4-11-19-18(14)17/h3-4,6-7,9,11,15-16H,1-2,5,8,10,12-13H2. The maximum Gasteiger partial charge on any atom is 0.0837 e. The number of piperidine rings is 2. The van der Waals surface area contributed by atoms with Crippen molar-refractivity contribution in [1.82, 2.24) is 9.88 Å². The SMILES string of the molecule is c1cnc2c(SC3CCCN4CCCCC34)cccc2c1. The van der Waals surface area contributed by atoms with Gasteiger partial charge in [0.15, 0.2) is 0 Å². The Kier molecular flexibility index (Phi) is 3.87. The molecule has 110 valence electrons. The van der Waals surface area contributed by atoms with Crippen LogP contribution >= 0.6 is 11.8 Å². The van der Waals surface area contributed by atoms with Crippen molar-refractivity contribution in [3.8, 4) is 0 Å². The predicted octanol–water partition coefficient (Wildman–Crippen LogP) is 4.34. The summed E-state index contributed by atoms with van der Waals surface area (Å²) >= 11 is 2.08. The zero-order valence-corrected chi connectivity index (χ0v) is 13.2. The Morgan fingerprint density at radius 1 is 1.00 bits per heavy atom. The van der Waals surface area contributed by atoms with Crippen molar-refractivity contribution in [2.24, 2.45) is 0 Å². The molecule has 21 heavy (non-hydrogen) atoms. The minimum Gasteiger partial charge on any atom is -0.299 e. The number of rotatable bonds is 2. The first-order valence-electron chi connectivity index (χ1n) is 8.16. The first kappa shape index (κ1) is 13.6. The second-order valence-electron chi connectivity index (χ2n) is 6.23. The lowest BCUT2D eigenvalue weighted by molar-refractivity contribution is 0.114. The van der Waals surface area contributed by atoms with Gasteiger partial charge < -0.3 is 0 Å². The smallest absolute Gasteiger partial charge is 0.0837 e. The molecular formula is C18H22N2S. The molecule has 2 saturated heterocycles. The fourth-order valence-corrected chi connectivity index (χ4v) is 5.39. The van der Waals surface area contributed by atoms with Gasteiger partial charge in [-0.05, 0) is 50.9 Å². The van der Waals surface area contributed by atoms with E-state index in [1.165, 1.54) is 61.0 Å². The van der Waals surface area contributed by atoms with E-state index in [1.807, 2.05) is 12.3 Å². The molecule has 4 rings (SSSR count). The van der Waals surface area contributed by atoms with Crippen molar-refractivity contribution in [3.05, 3.63) is 36.5 Å². The highest BCUT2D eigenvalue weighted by atomic mass is 32.2. The lowest BCUT2D eigenvalue weighted by Crippen LogP contribution is -2.49. The number of aromatic nitrogens is 1. The fourth-order valence-electron chi connectivity index (χ4n) is 3.88. The molecule has 2 aliphatic rings. The van der Waals surface area contributed by atoms with Crippen molar-refractivity contribution in [2.45, 2.75) is 48.3 Å². The Morgan fingerprint density at radius 3 is 2.90 bits per heavy atom. The van der Waals surface area contributed by atoms with Crippen LogP contribution in [0.5, 0.6) is 0 Å². The molecular weight excluding hydrogens is 276 g/mol. The molecule has 2 atom stereocenters. The Bertz CT molecular complexity index is 620. The first-order valence-corrected chi connectivity index (χ1v) is 9.04. The summed E-state index contributed by atoms with van der Waals surface area (Å²) in [4.78, 5) is 8.72. The molecule has 2 aliphatic heterocycles. The minimum absolute atomic E-state index is 0.742. The van der Waals surface area contributed by atoms with Crippen LogP contribution in [0.15, 0.2) is 41.4 Å². The summed E-state index contributed by atoms with van der Waals surface area (Å²) < 4.78 is 0. The molecule has 0 spiro atoms. The van der Waals surface area contributed by atoms with E-state index in [1.54, 1.807) is 0 Å². The fraction of sp³-hybridized carbons (Fsp3) is 0.500. The number of thioether (sulfide) groups is 1. The largest absolute Gasteiger partial charge is 0.299 e. The Hall–Kier alpha value is -1.06. The van der Waals surface area contributed by atoms with E-state index in [0.717, 1.165) is 11.3 Å². The second-order valence-corrected chi connectivity index (χ2v) is 7.51. The van der Waals surface area contributed by atoms with Gasteiger partial charge in [0.2, 0.25) is 0 Å². The molecule has 0 radical (unpaired) electrons. The van der Waals surface area contributed by atoms with Crippen molar-refractivity contribution < 1.29 is 0 Å². The number of pyridine rings is 1. The topological polar surface area (TPSA) is 16.1 Å². The van der Waals surface area contributed by atoms with E-state index in [2.05, 4.69) is 45.9 Å². The minimum atomic E-state index is 0.742. The summed E-state index contributed by atoms with van der Waals surface area (Å²) in [5, 5.41) is 2.01. The number of benzene rings is 1. The Morgan fingerprint density at radius 2 is 1.90 bits per heavy atom. The number of hydrogen-bond donors (Lipinski definition) is 0. The third kappa shape index (κ3) is 2.69. The molecule has 0 N–H and O–H groups in total. The molecule has 2 aromatic rings. The van der Waals surface area contributed by atoms with Gasteiger partial charge in [-0.25, -0.2) is 0 Å². The maximum absolute atomic E-state index is 4.62. The van der Waals surface area contributed by atoms with Gasteiger partial charge in [0, 0.05) is 27.8 Å². The molecule has 3 heterocycles. The van der Waals surface area contributed by atoms with Crippen LogP contribution in [0, 0.1) is 0 Å². The zero-order valence-electron chi connectivity index (χ0n) is 12.4. The average molecular weight is 298 g/mol. The number of fused-ring (bicyclic) bond motifs is 2. The van der Waals surface area contributed by atoms with E-state index < -0.39 is 0 Å². The second kappa shape index (κ2) is 5.98. The van der Waals surface area contributed by atoms with Crippen molar-refractivity contribution in [1.29, 1.82) is 0 Å². The molecule has 2 nitrogen and oxygen atoms in total. The molecule has 1 aromatic heterocycles. The number of hydrogen-bond acceptors (Lipinski definition) is 3. The highest BCUT2D eigenvalue weighted by Gasteiger charge is 2.33. The Labute approximate surface area is 130 Å². The van der Waals surface area contributed by atoms with Gasteiger partial charge in [-0.15, -0.1) is 11.8 Å². The normalized spacial score (nSPS) is 26.7. The van der Waals surface area contributed by atoms with Crippen LogP contribution in [0.4, 0.5) is 0 Å². The van der Waals surface area contributed by atoms with Crippen molar-refractivity contribution in [3.63, 3.8) is 0 Å². The van der Waals surface area contributed by atoms with Crippen LogP contribution in [0.3, 0.4) is 0 Å². The van der Waals surface area contributed by atoms with Gasteiger partial charge >= 0.3 is 0 Å². The van der Waals surface area contributed by atoms with Crippen molar-refractivity contribution >= 4 is 22.7 Å². The van der Waals surface area contributed by atoms with Gasteiger partial charge in [0.1, 0.15) is 0 Å². The van der Waals surface area contributed by atoms with E-state index in [0.29, 0.717) is 0 Å². The number of nitrogens with zero attached hydrogens (tertiary/aromatic N) is 2. The van der Waals surface area contributed by atoms with E-state index in [4.69, 9.17) is 0 Å². The van der Waals surface area contributed by atoms with Crippen LogP contribution in [0.2, 0.25) is 0 Å². The predicted molar refractivity (Wildman–Crippen MR) is 89.8 cm³/mol. The van der Waals surface area contributed by atoms with Gasteiger partial charge in [-0.3, -0.25) is 9.88 Å². The number of para-hydroxylation sites is 1. The van der Waals surface area contributed by atoms with Crippen LogP contribution in [0.1, 0.15) is 32.1 Å². The molecule has 1 aromatic carbocycles. The Balaban J connectivity index is 1.61. The summed E-state index contributed by atoms with van der Waals surface area (Å²) in [7, 11) is 0. The summed E-state index contributed by atoms with van der Waals surface area (Å²) in [5.74, 6) is 0. The highest BCUT2D eigenvalue weighted by molar-refractivity contribution is 8.00. The van der Waals surface area contributed by atoms with Gasteiger partial charge in [0.05, 0.1) is 5.52 Å². The van der Waals surface area contributed by atoms with Crippen molar-refractivity contribution in [2.75, 3.05) is 13.1 Å². The van der Waals surface area contributed by atoms with Gasteiger partial charge in [-0.1, -0.05) is 24.6 Å². The first-order chi connectivity index (χ1) is 10.4. The van der Waals surface area contributed by atoms with Crippen LogP contribution in [0.25, 0.3) is 10.9 Å². The van der Waals surface area contributed by atoms with Crippen LogP contribution < -0.4 is 0 Å². The molecule has 0 amide bonds. The molecule has 2 unspecified atom stereocenters. The highest BCUT2D eigenvalue weighted by Crippen LogP contribution is 2.39. The third-order valence-electron chi connectivity index (χ3n) is 4.90. The van der Waals surface area contributed by atoms with Gasteiger partial charge in [-0.2, -0.15) is 0 Å². The van der Waals surface area contributed by atoms with E-state index in [-0.39, 0.29) is 0 Å². The molecule has 2 fully saturated rings. The molecule has 3 heteroatoms. The average Bonchev–Trinajstić information content (AvgIpc) is 2.56. The molecule has 0 saturated carbocycles.